The van der Waals surface area contributed by atoms with Gasteiger partial charge in [0, 0.05) is 4.47 Å². The van der Waals surface area contributed by atoms with E-state index in [1.165, 1.54) is 0 Å². The summed E-state index contributed by atoms with van der Waals surface area (Å²) in [5.74, 6) is 0.211. The minimum absolute atomic E-state index is 0.205. The van der Waals surface area contributed by atoms with E-state index in [4.69, 9.17) is 9.47 Å². The van der Waals surface area contributed by atoms with Crippen LogP contribution in [0.4, 0.5) is 0 Å². The second-order valence-corrected chi connectivity index (χ2v) is 6.71. The highest BCUT2D eigenvalue weighted by atomic mass is 79.9. The van der Waals surface area contributed by atoms with Crippen LogP contribution in [-0.4, -0.2) is 24.5 Å². The zero-order chi connectivity index (χ0) is 19.1. The SMILES string of the molecule is Cc1ccc(OCC(=O)NNC(=O)C(C)Oc2cccc(Br)c2)cc1C. The number of hydrogen-bond donors (Lipinski definition) is 2. The van der Waals surface area contributed by atoms with Crippen molar-refractivity contribution in [3.63, 3.8) is 0 Å². The third kappa shape index (κ3) is 6.07. The summed E-state index contributed by atoms with van der Waals surface area (Å²) in [5, 5.41) is 0. The van der Waals surface area contributed by atoms with Gasteiger partial charge in [0.25, 0.3) is 11.8 Å². The molecule has 2 rings (SSSR count). The summed E-state index contributed by atoms with van der Waals surface area (Å²) in [6.07, 6.45) is -0.773. The van der Waals surface area contributed by atoms with Gasteiger partial charge in [0.15, 0.2) is 12.7 Å². The van der Waals surface area contributed by atoms with Gasteiger partial charge in [-0.05, 0) is 62.2 Å². The molecule has 1 unspecified atom stereocenters. The maximum Gasteiger partial charge on any atom is 0.279 e. The van der Waals surface area contributed by atoms with Crippen molar-refractivity contribution in [1.82, 2.24) is 10.9 Å². The van der Waals surface area contributed by atoms with Crippen LogP contribution in [0.3, 0.4) is 0 Å². The lowest BCUT2D eigenvalue weighted by molar-refractivity contribution is -0.133. The van der Waals surface area contributed by atoms with Crippen LogP contribution >= 0.6 is 15.9 Å². The van der Waals surface area contributed by atoms with Crippen LogP contribution in [0.5, 0.6) is 11.5 Å². The van der Waals surface area contributed by atoms with Crippen LogP contribution < -0.4 is 20.3 Å². The Labute approximate surface area is 161 Å². The Hall–Kier alpha value is -2.54. The van der Waals surface area contributed by atoms with Gasteiger partial charge in [0.2, 0.25) is 0 Å². The summed E-state index contributed by atoms with van der Waals surface area (Å²) >= 11 is 3.33. The highest BCUT2D eigenvalue weighted by molar-refractivity contribution is 9.10. The Bertz CT molecular complexity index is 795. The number of aryl methyl sites for hydroxylation is 2. The van der Waals surface area contributed by atoms with E-state index in [0.29, 0.717) is 11.5 Å². The van der Waals surface area contributed by atoms with Crippen molar-refractivity contribution in [3.05, 3.63) is 58.1 Å². The molecule has 26 heavy (non-hydrogen) atoms. The topological polar surface area (TPSA) is 76.7 Å². The van der Waals surface area contributed by atoms with Gasteiger partial charge in [-0.15, -0.1) is 0 Å². The number of carbonyl (C=O) groups is 2. The van der Waals surface area contributed by atoms with E-state index in [1.54, 1.807) is 31.2 Å². The van der Waals surface area contributed by atoms with Crippen molar-refractivity contribution < 1.29 is 19.1 Å². The number of hydrazine groups is 1. The van der Waals surface area contributed by atoms with E-state index in [2.05, 4.69) is 26.8 Å². The molecule has 2 aromatic rings. The quantitative estimate of drug-likeness (QED) is 0.703. The van der Waals surface area contributed by atoms with Crippen molar-refractivity contribution in [2.45, 2.75) is 26.9 Å². The van der Waals surface area contributed by atoms with Gasteiger partial charge < -0.3 is 9.47 Å². The van der Waals surface area contributed by atoms with Gasteiger partial charge in [-0.1, -0.05) is 28.1 Å². The van der Waals surface area contributed by atoms with Crippen molar-refractivity contribution >= 4 is 27.7 Å². The van der Waals surface area contributed by atoms with Crippen LogP contribution in [-0.2, 0) is 9.59 Å². The first kappa shape index (κ1) is 19.8. The first-order chi connectivity index (χ1) is 12.3. The summed E-state index contributed by atoms with van der Waals surface area (Å²) in [5.41, 5.74) is 6.85. The van der Waals surface area contributed by atoms with Crippen molar-refractivity contribution in [1.29, 1.82) is 0 Å². The molecule has 0 saturated heterocycles. The molecule has 138 valence electrons. The minimum Gasteiger partial charge on any atom is -0.484 e. The molecule has 0 saturated carbocycles. The van der Waals surface area contributed by atoms with Crippen LogP contribution in [0.2, 0.25) is 0 Å². The fraction of sp³-hybridized carbons (Fsp3) is 0.263. The molecule has 0 fully saturated rings. The number of amides is 2. The fourth-order valence-electron chi connectivity index (χ4n) is 2.02. The smallest absolute Gasteiger partial charge is 0.279 e. The van der Waals surface area contributed by atoms with Gasteiger partial charge in [0.05, 0.1) is 0 Å². The first-order valence-corrected chi connectivity index (χ1v) is 8.85. The van der Waals surface area contributed by atoms with E-state index in [-0.39, 0.29) is 6.61 Å². The molecule has 2 amide bonds. The lowest BCUT2D eigenvalue weighted by Gasteiger charge is -2.15. The van der Waals surface area contributed by atoms with Gasteiger partial charge >= 0.3 is 0 Å². The van der Waals surface area contributed by atoms with Gasteiger partial charge in [-0.3, -0.25) is 20.4 Å². The van der Waals surface area contributed by atoms with Crippen molar-refractivity contribution in [3.8, 4) is 11.5 Å². The molecule has 0 bridgehead atoms. The van der Waals surface area contributed by atoms with E-state index < -0.39 is 17.9 Å². The predicted molar refractivity (Wildman–Crippen MR) is 102 cm³/mol. The van der Waals surface area contributed by atoms with Crippen LogP contribution in [0.15, 0.2) is 46.9 Å². The zero-order valence-corrected chi connectivity index (χ0v) is 16.4. The lowest BCUT2D eigenvalue weighted by Crippen LogP contribution is -2.48. The average Bonchev–Trinajstić information content (AvgIpc) is 2.60. The van der Waals surface area contributed by atoms with Crippen LogP contribution in [0.1, 0.15) is 18.1 Å². The molecular formula is C19H21BrN2O4. The Morgan fingerprint density at radius 3 is 2.50 bits per heavy atom. The molecule has 2 N–H and O–H groups in total. The Kier molecular flexibility index (Phi) is 7.03. The Balaban J connectivity index is 1.75. The standard InChI is InChI=1S/C19H21BrN2O4/c1-12-7-8-16(9-13(12)2)25-11-18(23)21-22-19(24)14(3)26-17-6-4-5-15(20)10-17/h4-10,14H,11H2,1-3H3,(H,21,23)(H,22,24). The number of carbonyl (C=O) groups excluding carboxylic acids is 2. The number of benzene rings is 2. The summed E-state index contributed by atoms with van der Waals surface area (Å²) < 4.78 is 11.8. The molecule has 0 aliphatic carbocycles. The summed E-state index contributed by atoms with van der Waals surface area (Å²) in [6.45, 7) is 5.35. The second kappa shape index (κ2) is 9.24. The number of hydrogen-bond acceptors (Lipinski definition) is 4. The second-order valence-electron chi connectivity index (χ2n) is 5.79. The molecule has 0 aromatic heterocycles. The molecule has 0 heterocycles. The number of ether oxygens (including phenoxy) is 2. The Morgan fingerprint density at radius 1 is 1.04 bits per heavy atom. The number of nitrogens with one attached hydrogen (secondary N) is 2. The molecule has 6 nitrogen and oxygen atoms in total. The number of halogens is 1. The molecule has 1 atom stereocenters. The summed E-state index contributed by atoms with van der Waals surface area (Å²) in [6, 6.07) is 12.7. The summed E-state index contributed by atoms with van der Waals surface area (Å²) in [7, 11) is 0. The van der Waals surface area contributed by atoms with Crippen molar-refractivity contribution in [2.75, 3.05) is 6.61 Å². The molecule has 0 spiro atoms. The highest BCUT2D eigenvalue weighted by Gasteiger charge is 2.15. The largest absolute Gasteiger partial charge is 0.484 e. The fourth-order valence-corrected chi connectivity index (χ4v) is 2.40. The third-order valence-electron chi connectivity index (χ3n) is 3.65. The maximum absolute atomic E-state index is 12.0. The van der Waals surface area contributed by atoms with Crippen LogP contribution in [0.25, 0.3) is 0 Å². The van der Waals surface area contributed by atoms with E-state index in [0.717, 1.165) is 15.6 Å². The van der Waals surface area contributed by atoms with Gasteiger partial charge in [-0.25, -0.2) is 0 Å². The zero-order valence-electron chi connectivity index (χ0n) is 14.8. The first-order valence-electron chi connectivity index (χ1n) is 8.06. The van der Waals surface area contributed by atoms with Gasteiger partial charge in [-0.2, -0.15) is 0 Å². The predicted octanol–water partition coefficient (Wildman–Crippen LogP) is 3.06. The highest BCUT2D eigenvalue weighted by Crippen LogP contribution is 2.19. The molecule has 0 aliphatic heterocycles. The van der Waals surface area contributed by atoms with Crippen molar-refractivity contribution in [2.24, 2.45) is 0 Å². The van der Waals surface area contributed by atoms with Gasteiger partial charge in [0.1, 0.15) is 11.5 Å². The Morgan fingerprint density at radius 2 is 1.81 bits per heavy atom. The van der Waals surface area contributed by atoms with E-state index in [1.807, 2.05) is 32.0 Å². The monoisotopic (exact) mass is 420 g/mol. The normalized spacial score (nSPS) is 11.4. The molecule has 0 aliphatic rings. The lowest BCUT2D eigenvalue weighted by atomic mass is 10.1. The molecule has 2 aromatic carbocycles. The van der Waals surface area contributed by atoms with E-state index in [9.17, 15) is 9.59 Å². The third-order valence-corrected chi connectivity index (χ3v) is 4.14. The molecule has 7 heteroatoms. The maximum atomic E-state index is 12.0. The molecular weight excluding hydrogens is 400 g/mol. The minimum atomic E-state index is -0.773. The van der Waals surface area contributed by atoms with E-state index >= 15 is 0 Å². The number of rotatable bonds is 6. The summed E-state index contributed by atoms with van der Waals surface area (Å²) in [4.78, 5) is 23.8. The van der Waals surface area contributed by atoms with Crippen LogP contribution in [0, 0.1) is 13.8 Å². The average molecular weight is 421 g/mol. The molecule has 0 radical (unpaired) electrons.